The molecule has 2 aliphatic rings. The van der Waals surface area contributed by atoms with Gasteiger partial charge in [-0.05, 0) is 42.4 Å². The highest BCUT2D eigenvalue weighted by atomic mass is 16.4. The molecule has 0 aliphatic heterocycles. The minimum absolute atomic E-state index is 0.0804. The fraction of sp³-hybridized carbons (Fsp3) is 0.800. The van der Waals surface area contributed by atoms with Crippen molar-refractivity contribution in [3.05, 3.63) is 12.2 Å². The molecular weight excluding hydrogens is 212 g/mol. The molecule has 0 spiro atoms. The maximum absolute atomic E-state index is 11.6. The first-order chi connectivity index (χ1) is 7.79. The molecule has 17 heavy (non-hydrogen) atoms. The number of aliphatic carboxylic acids is 1. The summed E-state index contributed by atoms with van der Waals surface area (Å²) in [5.74, 6) is -0.476. The topological polar surface area (TPSA) is 37.3 Å². The summed E-state index contributed by atoms with van der Waals surface area (Å²) in [6.07, 6.45) is 5.42. The van der Waals surface area contributed by atoms with Crippen LogP contribution in [0.15, 0.2) is 12.2 Å². The predicted molar refractivity (Wildman–Crippen MR) is 68.7 cm³/mol. The first-order valence-electron chi connectivity index (χ1n) is 6.69. The number of hydrogen-bond acceptors (Lipinski definition) is 1. The van der Waals surface area contributed by atoms with E-state index in [4.69, 9.17) is 0 Å². The third-order valence-electron chi connectivity index (χ3n) is 5.34. The van der Waals surface area contributed by atoms with Crippen molar-refractivity contribution in [2.45, 2.75) is 52.9 Å². The van der Waals surface area contributed by atoms with Gasteiger partial charge < -0.3 is 5.11 Å². The lowest BCUT2D eigenvalue weighted by Crippen LogP contribution is -2.51. The molecule has 2 aliphatic carbocycles. The van der Waals surface area contributed by atoms with E-state index in [9.17, 15) is 9.90 Å². The molecule has 0 aromatic heterocycles. The summed E-state index contributed by atoms with van der Waals surface area (Å²) in [5, 5.41) is 9.52. The van der Waals surface area contributed by atoms with Crippen molar-refractivity contribution in [2.24, 2.45) is 22.7 Å². The van der Waals surface area contributed by atoms with E-state index in [2.05, 4.69) is 27.4 Å². The summed E-state index contributed by atoms with van der Waals surface area (Å²) in [6.45, 7) is 10.8. The molecule has 96 valence electrons. The van der Waals surface area contributed by atoms with Gasteiger partial charge in [0.25, 0.3) is 0 Å². The molecule has 2 nitrogen and oxygen atoms in total. The highest BCUT2D eigenvalue weighted by Gasteiger charge is 2.55. The Balaban J connectivity index is 2.41. The number of fused-ring (bicyclic) bond motifs is 1. The first-order valence-corrected chi connectivity index (χ1v) is 6.69. The molecule has 0 aromatic rings. The van der Waals surface area contributed by atoms with Gasteiger partial charge in [0.2, 0.25) is 0 Å². The van der Waals surface area contributed by atoms with Gasteiger partial charge in [0, 0.05) is 0 Å². The number of rotatable bonds is 1. The van der Waals surface area contributed by atoms with E-state index in [0.717, 1.165) is 31.3 Å². The summed E-state index contributed by atoms with van der Waals surface area (Å²) in [5.41, 5.74) is 1.14. The Bertz CT molecular complexity index is 356. The minimum atomic E-state index is -0.667. The summed E-state index contributed by atoms with van der Waals surface area (Å²) < 4.78 is 0. The van der Waals surface area contributed by atoms with Crippen LogP contribution in [0.25, 0.3) is 0 Å². The molecule has 0 saturated heterocycles. The lowest BCUT2D eigenvalue weighted by atomic mass is 9.47. The van der Waals surface area contributed by atoms with Crippen molar-refractivity contribution in [3.63, 3.8) is 0 Å². The van der Waals surface area contributed by atoms with Gasteiger partial charge in [-0.3, -0.25) is 4.79 Å². The van der Waals surface area contributed by atoms with Gasteiger partial charge in [-0.15, -0.1) is 0 Å². The monoisotopic (exact) mass is 236 g/mol. The number of hydrogen-bond donors (Lipinski definition) is 1. The standard InChI is InChI=1S/C15H24O2/c1-10-6-7-11-14(2,3)8-5-9-15(11,4)12(10)13(16)17/h11-12H,1,5-9H2,2-4H3,(H,16,17). The molecule has 2 fully saturated rings. The van der Waals surface area contributed by atoms with Gasteiger partial charge in [0.05, 0.1) is 5.92 Å². The van der Waals surface area contributed by atoms with Crippen LogP contribution in [0.2, 0.25) is 0 Å². The Hall–Kier alpha value is -0.790. The maximum Gasteiger partial charge on any atom is 0.311 e. The molecule has 2 saturated carbocycles. The van der Waals surface area contributed by atoms with Gasteiger partial charge in [-0.2, -0.15) is 0 Å². The molecule has 0 heterocycles. The molecule has 0 amide bonds. The van der Waals surface area contributed by atoms with Crippen molar-refractivity contribution in [1.82, 2.24) is 0 Å². The Morgan fingerprint density at radius 2 is 2.00 bits per heavy atom. The average molecular weight is 236 g/mol. The van der Waals surface area contributed by atoms with Crippen LogP contribution in [0, 0.1) is 22.7 Å². The van der Waals surface area contributed by atoms with Crippen molar-refractivity contribution in [2.75, 3.05) is 0 Å². The van der Waals surface area contributed by atoms with Crippen molar-refractivity contribution < 1.29 is 9.90 Å². The molecule has 2 rings (SSSR count). The van der Waals surface area contributed by atoms with Crippen molar-refractivity contribution in [3.8, 4) is 0 Å². The highest BCUT2D eigenvalue weighted by Crippen LogP contribution is 2.60. The van der Waals surface area contributed by atoms with Gasteiger partial charge in [-0.1, -0.05) is 39.3 Å². The number of carboxylic acids is 1. The van der Waals surface area contributed by atoms with Crippen LogP contribution in [0.3, 0.4) is 0 Å². The highest BCUT2D eigenvalue weighted by molar-refractivity contribution is 5.75. The largest absolute Gasteiger partial charge is 0.481 e. The third kappa shape index (κ3) is 1.82. The van der Waals surface area contributed by atoms with Crippen LogP contribution in [-0.2, 0) is 4.79 Å². The normalized spacial score (nSPS) is 40.8. The van der Waals surface area contributed by atoms with Gasteiger partial charge >= 0.3 is 5.97 Å². The first kappa shape index (κ1) is 12.7. The van der Waals surface area contributed by atoms with Gasteiger partial charge in [0.15, 0.2) is 0 Å². The Morgan fingerprint density at radius 3 is 2.59 bits per heavy atom. The average Bonchev–Trinajstić information content (AvgIpc) is 2.14. The molecule has 2 heteroatoms. The summed E-state index contributed by atoms with van der Waals surface area (Å²) in [4.78, 5) is 11.6. The van der Waals surface area contributed by atoms with E-state index in [1.165, 1.54) is 6.42 Å². The smallest absolute Gasteiger partial charge is 0.311 e. The fourth-order valence-electron chi connectivity index (χ4n) is 4.63. The van der Waals surface area contributed by atoms with E-state index in [0.29, 0.717) is 5.92 Å². The summed E-state index contributed by atoms with van der Waals surface area (Å²) in [7, 11) is 0. The van der Waals surface area contributed by atoms with Crippen LogP contribution in [-0.4, -0.2) is 11.1 Å². The fourth-order valence-corrected chi connectivity index (χ4v) is 4.63. The summed E-state index contributed by atoms with van der Waals surface area (Å²) >= 11 is 0. The van der Waals surface area contributed by atoms with E-state index in [-0.39, 0.29) is 16.7 Å². The zero-order valence-electron chi connectivity index (χ0n) is 11.3. The van der Waals surface area contributed by atoms with E-state index >= 15 is 0 Å². The second-order valence-electron chi connectivity index (χ2n) is 6.87. The Morgan fingerprint density at radius 1 is 1.35 bits per heavy atom. The van der Waals surface area contributed by atoms with Crippen LogP contribution in [0.1, 0.15) is 52.9 Å². The Kier molecular flexibility index (Phi) is 2.87. The van der Waals surface area contributed by atoms with E-state index < -0.39 is 5.97 Å². The second-order valence-corrected chi connectivity index (χ2v) is 6.87. The lowest BCUT2D eigenvalue weighted by Gasteiger charge is -2.56. The van der Waals surface area contributed by atoms with E-state index in [1.807, 2.05) is 0 Å². The van der Waals surface area contributed by atoms with Crippen LogP contribution < -0.4 is 0 Å². The Labute approximate surface area is 104 Å². The zero-order chi connectivity index (χ0) is 12.8. The van der Waals surface area contributed by atoms with Crippen LogP contribution in [0.5, 0.6) is 0 Å². The molecule has 0 bridgehead atoms. The lowest BCUT2D eigenvalue weighted by molar-refractivity contribution is -0.152. The maximum atomic E-state index is 11.6. The number of carboxylic acid groups (broad SMARTS) is 1. The van der Waals surface area contributed by atoms with Crippen LogP contribution in [0.4, 0.5) is 0 Å². The molecule has 0 radical (unpaired) electrons. The summed E-state index contributed by atoms with van der Waals surface area (Å²) in [6, 6.07) is 0. The number of carbonyl (C=O) groups is 1. The molecule has 1 N–H and O–H groups in total. The van der Waals surface area contributed by atoms with Crippen LogP contribution >= 0.6 is 0 Å². The molecule has 3 unspecified atom stereocenters. The quantitative estimate of drug-likeness (QED) is 0.702. The molecule has 0 aromatic carbocycles. The van der Waals surface area contributed by atoms with Gasteiger partial charge in [-0.25, -0.2) is 0 Å². The molecular formula is C15H24O2. The van der Waals surface area contributed by atoms with Crippen molar-refractivity contribution >= 4 is 5.97 Å². The predicted octanol–water partition coefficient (Wildman–Crippen LogP) is 3.87. The molecule has 3 atom stereocenters. The SMILES string of the molecule is C=C1CCC2C(C)(C)CCCC2(C)C1C(=O)O. The second kappa shape index (κ2) is 3.86. The van der Waals surface area contributed by atoms with Crippen molar-refractivity contribution in [1.29, 1.82) is 0 Å². The minimum Gasteiger partial charge on any atom is -0.481 e. The third-order valence-corrected chi connectivity index (χ3v) is 5.34. The van der Waals surface area contributed by atoms with Gasteiger partial charge in [0.1, 0.15) is 0 Å². The zero-order valence-corrected chi connectivity index (χ0v) is 11.3. The van der Waals surface area contributed by atoms with E-state index in [1.54, 1.807) is 0 Å².